The van der Waals surface area contributed by atoms with Crippen molar-refractivity contribution in [1.82, 2.24) is 5.06 Å². The number of ether oxygens (including phenoxy) is 1. The van der Waals surface area contributed by atoms with Gasteiger partial charge in [-0.15, -0.1) is 0 Å². The van der Waals surface area contributed by atoms with E-state index in [0.717, 1.165) is 13.1 Å². The van der Waals surface area contributed by atoms with E-state index >= 15 is 0 Å². The zero-order chi connectivity index (χ0) is 5.82. The predicted octanol–water partition coefficient (Wildman–Crippen LogP) is 0.351. The summed E-state index contributed by atoms with van der Waals surface area (Å²) >= 11 is 0. The number of rotatable bonds is 4. The molecule has 3 heteroatoms. The summed E-state index contributed by atoms with van der Waals surface area (Å²) in [5.74, 6) is 0. The van der Waals surface area contributed by atoms with Crippen molar-refractivity contribution in [3.8, 4) is 0 Å². The molecular formula is C5H9NO2. The SMILES string of the molecule is C=COCON1CC1. The van der Waals surface area contributed by atoms with Crippen LogP contribution in [0.15, 0.2) is 12.8 Å². The van der Waals surface area contributed by atoms with Crippen molar-refractivity contribution in [2.24, 2.45) is 0 Å². The summed E-state index contributed by atoms with van der Waals surface area (Å²) in [7, 11) is 0. The second-order valence-corrected chi connectivity index (χ2v) is 1.51. The zero-order valence-corrected chi connectivity index (χ0v) is 4.67. The van der Waals surface area contributed by atoms with Crippen LogP contribution < -0.4 is 0 Å². The number of nitrogens with zero attached hydrogens (tertiary/aromatic N) is 1. The van der Waals surface area contributed by atoms with Crippen LogP contribution in [0.3, 0.4) is 0 Å². The van der Waals surface area contributed by atoms with Gasteiger partial charge in [-0.2, -0.15) is 5.06 Å². The summed E-state index contributed by atoms with van der Waals surface area (Å²) in [4.78, 5) is 4.93. The van der Waals surface area contributed by atoms with Gasteiger partial charge in [0.1, 0.15) is 0 Å². The third-order valence-electron chi connectivity index (χ3n) is 0.827. The molecular weight excluding hydrogens is 106 g/mol. The summed E-state index contributed by atoms with van der Waals surface area (Å²) in [6.45, 7) is 5.71. The molecule has 0 atom stereocenters. The van der Waals surface area contributed by atoms with Crippen molar-refractivity contribution in [1.29, 1.82) is 0 Å². The molecule has 0 aliphatic carbocycles. The normalized spacial score (nSPS) is 18.0. The minimum Gasteiger partial charge on any atom is -0.474 e. The van der Waals surface area contributed by atoms with E-state index < -0.39 is 0 Å². The Labute approximate surface area is 48.4 Å². The molecule has 0 N–H and O–H groups in total. The van der Waals surface area contributed by atoms with Crippen LogP contribution in [0, 0.1) is 0 Å². The van der Waals surface area contributed by atoms with Crippen LogP contribution in [0.2, 0.25) is 0 Å². The highest BCUT2D eigenvalue weighted by atomic mass is 16.8. The van der Waals surface area contributed by atoms with E-state index in [1.807, 2.05) is 5.06 Å². The third kappa shape index (κ3) is 1.95. The maximum Gasteiger partial charge on any atom is 0.206 e. The fraction of sp³-hybridized carbons (Fsp3) is 0.600. The minimum atomic E-state index is 0.295. The molecule has 0 bridgehead atoms. The summed E-state index contributed by atoms with van der Waals surface area (Å²) in [6.07, 6.45) is 1.36. The molecule has 1 heterocycles. The summed E-state index contributed by atoms with van der Waals surface area (Å²) in [6, 6.07) is 0. The fourth-order valence-electron chi connectivity index (χ4n) is 0.323. The highest BCUT2D eigenvalue weighted by molar-refractivity contribution is 4.59. The molecule has 1 fully saturated rings. The van der Waals surface area contributed by atoms with Gasteiger partial charge in [-0.1, -0.05) is 6.58 Å². The van der Waals surface area contributed by atoms with Crippen molar-refractivity contribution in [3.63, 3.8) is 0 Å². The van der Waals surface area contributed by atoms with E-state index in [4.69, 9.17) is 4.84 Å². The number of hydrogen-bond donors (Lipinski definition) is 0. The van der Waals surface area contributed by atoms with Crippen LogP contribution in [-0.2, 0) is 9.57 Å². The standard InChI is InChI=1S/C5H9NO2/c1-2-7-5-8-6-3-4-6/h2H,1,3-5H2. The van der Waals surface area contributed by atoms with E-state index in [9.17, 15) is 0 Å². The average molecular weight is 115 g/mol. The van der Waals surface area contributed by atoms with Crippen molar-refractivity contribution in [2.75, 3.05) is 19.9 Å². The number of hydrogen-bond acceptors (Lipinski definition) is 3. The van der Waals surface area contributed by atoms with Crippen molar-refractivity contribution in [2.45, 2.75) is 0 Å². The molecule has 8 heavy (non-hydrogen) atoms. The van der Waals surface area contributed by atoms with Gasteiger partial charge in [-0.25, -0.2) is 0 Å². The molecule has 0 radical (unpaired) electrons. The molecule has 1 saturated heterocycles. The molecule has 0 unspecified atom stereocenters. The first-order valence-corrected chi connectivity index (χ1v) is 2.54. The van der Waals surface area contributed by atoms with E-state index in [1.54, 1.807) is 0 Å². The van der Waals surface area contributed by atoms with Gasteiger partial charge in [-0.3, -0.25) is 4.84 Å². The highest BCUT2D eigenvalue weighted by Gasteiger charge is 2.17. The first-order chi connectivity index (χ1) is 3.93. The lowest BCUT2D eigenvalue weighted by atomic mass is 11.0. The highest BCUT2D eigenvalue weighted by Crippen LogP contribution is 2.02. The van der Waals surface area contributed by atoms with Crippen LogP contribution in [0.5, 0.6) is 0 Å². The van der Waals surface area contributed by atoms with E-state index in [-0.39, 0.29) is 0 Å². The molecule has 0 amide bonds. The summed E-state index contributed by atoms with van der Waals surface area (Å²) < 4.78 is 4.68. The first-order valence-electron chi connectivity index (χ1n) is 2.54. The second kappa shape index (κ2) is 2.69. The monoisotopic (exact) mass is 115 g/mol. The van der Waals surface area contributed by atoms with Gasteiger partial charge < -0.3 is 4.74 Å². The molecule has 0 saturated carbocycles. The Morgan fingerprint density at radius 2 is 2.38 bits per heavy atom. The van der Waals surface area contributed by atoms with E-state index in [0.29, 0.717) is 6.79 Å². The Bertz CT molecular complexity index is 80.5. The van der Waals surface area contributed by atoms with Gasteiger partial charge in [0.2, 0.25) is 6.79 Å². The Morgan fingerprint density at radius 1 is 1.62 bits per heavy atom. The van der Waals surface area contributed by atoms with Crippen molar-refractivity contribution < 1.29 is 9.57 Å². The lowest BCUT2D eigenvalue weighted by Gasteiger charge is -1.99. The smallest absolute Gasteiger partial charge is 0.206 e. The van der Waals surface area contributed by atoms with Crippen LogP contribution in [0.25, 0.3) is 0 Å². The fourth-order valence-corrected chi connectivity index (χ4v) is 0.323. The van der Waals surface area contributed by atoms with Gasteiger partial charge in [0.05, 0.1) is 6.26 Å². The maximum atomic E-state index is 4.93. The quantitative estimate of drug-likeness (QED) is 0.228. The number of hydroxylamine groups is 2. The van der Waals surface area contributed by atoms with Gasteiger partial charge in [0, 0.05) is 13.1 Å². The summed E-state index contributed by atoms with van der Waals surface area (Å²) in [5, 5.41) is 1.81. The van der Waals surface area contributed by atoms with Crippen LogP contribution in [0.1, 0.15) is 0 Å². The Balaban J connectivity index is 1.80. The predicted molar refractivity (Wildman–Crippen MR) is 28.8 cm³/mol. The zero-order valence-electron chi connectivity index (χ0n) is 4.67. The van der Waals surface area contributed by atoms with Gasteiger partial charge >= 0.3 is 0 Å². The molecule has 1 rings (SSSR count). The molecule has 1 aliphatic heterocycles. The van der Waals surface area contributed by atoms with Crippen LogP contribution >= 0.6 is 0 Å². The first kappa shape index (κ1) is 5.59. The van der Waals surface area contributed by atoms with Crippen LogP contribution in [0.4, 0.5) is 0 Å². The van der Waals surface area contributed by atoms with Gasteiger partial charge in [0.25, 0.3) is 0 Å². The molecule has 1 aliphatic rings. The van der Waals surface area contributed by atoms with Gasteiger partial charge in [-0.05, 0) is 0 Å². The molecule has 0 spiro atoms. The van der Waals surface area contributed by atoms with Crippen molar-refractivity contribution in [3.05, 3.63) is 12.8 Å². The Hall–Kier alpha value is -0.540. The Kier molecular flexibility index (Phi) is 1.88. The Morgan fingerprint density at radius 3 is 2.88 bits per heavy atom. The molecule has 0 aromatic carbocycles. The van der Waals surface area contributed by atoms with Crippen molar-refractivity contribution >= 4 is 0 Å². The second-order valence-electron chi connectivity index (χ2n) is 1.51. The molecule has 3 nitrogen and oxygen atoms in total. The third-order valence-corrected chi connectivity index (χ3v) is 0.827. The lowest BCUT2D eigenvalue weighted by molar-refractivity contribution is -0.141. The minimum absolute atomic E-state index is 0.295. The largest absolute Gasteiger partial charge is 0.474 e. The topological polar surface area (TPSA) is 21.5 Å². The van der Waals surface area contributed by atoms with Crippen LogP contribution in [-0.4, -0.2) is 24.9 Å². The molecule has 0 aromatic heterocycles. The van der Waals surface area contributed by atoms with Gasteiger partial charge in [0.15, 0.2) is 0 Å². The molecule has 0 aromatic rings. The molecule has 46 valence electrons. The average Bonchev–Trinajstić information content (AvgIpc) is 2.51. The van der Waals surface area contributed by atoms with E-state index in [2.05, 4.69) is 11.3 Å². The lowest BCUT2D eigenvalue weighted by Crippen LogP contribution is -2.01. The van der Waals surface area contributed by atoms with E-state index in [1.165, 1.54) is 6.26 Å². The summed E-state index contributed by atoms with van der Waals surface area (Å²) in [5.41, 5.74) is 0. The maximum absolute atomic E-state index is 4.93.